The van der Waals surface area contributed by atoms with E-state index in [-0.39, 0.29) is 11.8 Å². The van der Waals surface area contributed by atoms with Gasteiger partial charge in [0.2, 0.25) is 11.8 Å². The number of hydrogen-bond donors (Lipinski definition) is 2. The van der Waals surface area contributed by atoms with E-state index in [1.165, 1.54) is 0 Å². The molecule has 2 amide bonds. The molecule has 2 aliphatic rings. The van der Waals surface area contributed by atoms with Crippen molar-refractivity contribution in [3.63, 3.8) is 0 Å². The molecule has 27 heavy (non-hydrogen) atoms. The number of nitrogens with zero attached hydrogens (tertiary/aromatic N) is 1. The van der Waals surface area contributed by atoms with Crippen LogP contribution in [0, 0.1) is 5.92 Å². The molecule has 6 heteroatoms. The summed E-state index contributed by atoms with van der Waals surface area (Å²) in [7, 11) is 0. The van der Waals surface area contributed by atoms with Gasteiger partial charge in [-0.3, -0.25) is 9.59 Å². The van der Waals surface area contributed by atoms with Crippen LogP contribution >= 0.6 is 0 Å². The summed E-state index contributed by atoms with van der Waals surface area (Å²) in [6.45, 7) is 6.50. The molecule has 0 aromatic heterocycles. The van der Waals surface area contributed by atoms with Gasteiger partial charge in [0.25, 0.3) is 0 Å². The number of ether oxygens (including phenoxy) is 1. The Labute approximate surface area is 161 Å². The van der Waals surface area contributed by atoms with E-state index in [1.54, 1.807) is 0 Å². The topological polar surface area (TPSA) is 70.7 Å². The van der Waals surface area contributed by atoms with Gasteiger partial charge in [0.15, 0.2) is 0 Å². The van der Waals surface area contributed by atoms with Crippen LogP contribution in [0.3, 0.4) is 0 Å². The second-order valence-corrected chi connectivity index (χ2v) is 7.45. The SMILES string of the molecule is CCNCC1CCN(C(=O)CCCOc2ccc3c(c2)CCC(=O)N3)CC1. The highest BCUT2D eigenvalue weighted by atomic mass is 16.5. The Hall–Kier alpha value is -2.08. The summed E-state index contributed by atoms with van der Waals surface area (Å²) in [6, 6.07) is 5.76. The maximum Gasteiger partial charge on any atom is 0.224 e. The van der Waals surface area contributed by atoms with Crippen LogP contribution in [0.4, 0.5) is 5.69 Å². The molecule has 2 N–H and O–H groups in total. The van der Waals surface area contributed by atoms with E-state index in [4.69, 9.17) is 4.74 Å². The molecule has 1 saturated heterocycles. The highest BCUT2D eigenvalue weighted by molar-refractivity contribution is 5.94. The zero-order chi connectivity index (χ0) is 19.1. The number of anilines is 1. The van der Waals surface area contributed by atoms with E-state index in [1.807, 2.05) is 23.1 Å². The van der Waals surface area contributed by atoms with Gasteiger partial charge in [-0.25, -0.2) is 0 Å². The molecular formula is C21H31N3O3. The molecule has 1 fully saturated rings. The van der Waals surface area contributed by atoms with E-state index in [0.29, 0.717) is 25.4 Å². The van der Waals surface area contributed by atoms with Crippen molar-refractivity contribution in [1.29, 1.82) is 0 Å². The molecule has 0 saturated carbocycles. The average molecular weight is 373 g/mol. The molecule has 0 aliphatic carbocycles. The van der Waals surface area contributed by atoms with Crippen molar-refractivity contribution in [2.24, 2.45) is 5.92 Å². The van der Waals surface area contributed by atoms with Crippen molar-refractivity contribution in [3.8, 4) is 5.75 Å². The minimum absolute atomic E-state index is 0.0698. The second-order valence-electron chi connectivity index (χ2n) is 7.45. The molecule has 0 radical (unpaired) electrons. The predicted molar refractivity (Wildman–Crippen MR) is 106 cm³/mol. The van der Waals surface area contributed by atoms with Gasteiger partial charge in [-0.05, 0) is 68.5 Å². The first-order valence-corrected chi connectivity index (χ1v) is 10.2. The monoisotopic (exact) mass is 373 g/mol. The van der Waals surface area contributed by atoms with Crippen LogP contribution in [-0.4, -0.2) is 49.5 Å². The average Bonchev–Trinajstić information content (AvgIpc) is 2.70. The van der Waals surface area contributed by atoms with Gasteiger partial charge in [-0.15, -0.1) is 0 Å². The summed E-state index contributed by atoms with van der Waals surface area (Å²) in [5, 5.41) is 6.27. The van der Waals surface area contributed by atoms with Crippen LogP contribution < -0.4 is 15.4 Å². The van der Waals surface area contributed by atoms with Gasteiger partial charge in [0.05, 0.1) is 6.61 Å². The van der Waals surface area contributed by atoms with Gasteiger partial charge in [0.1, 0.15) is 5.75 Å². The van der Waals surface area contributed by atoms with Crippen LogP contribution in [0.5, 0.6) is 5.75 Å². The third-order valence-electron chi connectivity index (χ3n) is 5.43. The first-order valence-electron chi connectivity index (χ1n) is 10.2. The fraction of sp³-hybridized carbons (Fsp3) is 0.619. The summed E-state index contributed by atoms with van der Waals surface area (Å²) >= 11 is 0. The zero-order valence-electron chi connectivity index (χ0n) is 16.3. The Kier molecular flexibility index (Phi) is 7.10. The molecular weight excluding hydrogens is 342 g/mol. The minimum atomic E-state index is 0.0698. The van der Waals surface area contributed by atoms with Crippen molar-refractivity contribution in [3.05, 3.63) is 23.8 Å². The van der Waals surface area contributed by atoms with Crippen LogP contribution in [0.25, 0.3) is 0 Å². The summed E-state index contributed by atoms with van der Waals surface area (Å²) in [5.41, 5.74) is 2.00. The first-order chi connectivity index (χ1) is 13.2. The molecule has 3 rings (SSSR count). The summed E-state index contributed by atoms with van der Waals surface area (Å²) < 4.78 is 5.81. The van der Waals surface area contributed by atoms with Crippen LogP contribution in [-0.2, 0) is 16.0 Å². The van der Waals surface area contributed by atoms with E-state index >= 15 is 0 Å². The normalized spacial score (nSPS) is 17.4. The van der Waals surface area contributed by atoms with Crippen LogP contribution in [0.1, 0.15) is 44.6 Å². The molecule has 0 unspecified atom stereocenters. The molecule has 6 nitrogen and oxygen atoms in total. The molecule has 1 aromatic carbocycles. The number of nitrogens with one attached hydrogen (secondary N) is 2. The Bertz CT molecular complexity index is 654. The van der Waals surface area contributed by atoms with Gasteiger partial charge in [-0.1, -0.05) is 6.92 Å². The lowest BCUT2D eigenvalue weighted by Gasteiger charge is -2.32. The number of piperidine rings is 1. The standard InChI is InChI=1S/C21H31N3O3/c1-2-22-15-16-9-11-24(12-10-16)21(26)4-3-13-27-18-6-7-19-17(14-18)5-8-20(25)23-19/h6-7,14,16,22H,2-5,8-13,15H2,1H3,(H,23,25). The van der Waals surface area contributed by atoms with Crippen LogP contribution in [0.15, 0.2) is 18.2 Å². The van der Waals surface area contributed by atoms with Gasteiger partial charge >= 0.3 is 0 Å². The summed E-state index contributed by atoms with van der Waals surface area (Å²) in [4.78, 5) is 25.8. The number of benzene rings is 1. The van der Waals surface area contributed by atoms with Crippen molar-refractivity contribution in [1.82, 2.24) is 10.2 Å². The fourth-order valence-electron chi connectivity index (χ4n) is 3.76. The molecule has 1 aromatic rings. The summed E-state index contributed by atoms with van der Waals surface area (Å²) in [5.74, 6) is 1.82. The van der Waals surface area contributed by atoms with E-state index in [2.05, 4.69) is 17.6 Å². The van der Waals surface area contributed by atoms with Gasteiger partial charge in [0, 0.05) is 31.6 Å². The molecule has 0 atom stereocenters. The lowest BCUT2D eigenvalue weighted by Crippen LogP contribution is -2.40. The maximum atomic E-state index is 12.4. The fourth-order valence-corrected chi connectivity index (χ4v) is 3.76. The van der Waals surface area contributed by atoms with Gasteiger partial charge in [-0.2, -0.15) is 0 Å². The highest BCUT2D eigenvalue weighted by Crippen LogP contribution is 2.27. The summed E-state index contributed by atoms with van der Waals surface area (Å²) in [6.07, 6.45) is 4.74. The van der Waals surface area contributed by atoms with Crippen molar-refractivity contribution < 1.29 is 14.3 Å². The molecule has 148 valence electrons. The van der Waals surface area contributed by atoms with Crippen LogP contribution in [0.2, 0.25) is 0 Å². The van der Waals surface area contributed by atoms with E-state index in [9.17, 15) is 9.59 Å². The zero-order valence-corrected chi connectivity index (χ0v) is 16.3. The molecule has 0 spiro atoms. The number of carbonyl (C=O) groups is 2. The van der Waals surface area contributed by atoms with Crippen molar-refractivity contribution >= 4 is 17.5 Å². The third kappa shape index (κ3) is 5.70. The second kappa shape index (κ2) is 9.74. The molecule has 2 aliphatic heterocycles. The number of hydrogen-bond acceptors (Lipinski definition) is 4. The first kappa shape index (κ1) is 19.7. The lowest BCUT2D eigenvalue weighted by atomic mass is 9.96. The van der Waals surface area contributed by atoms with Crippen molar-refractivity contribution in [2.75, 3.05) is 38.1 Å². The predicted octanol–water partition coefficient (Wildman–Crippen LogP) is 2.58. The maximum absolute atomic E-state index is 12.4. The van der Waals surface area contributed by atoms with Gasteiger partial charge < -0.3 is 20.3 Å². The lowest BCUT2D eigenvalue weighted by molar-refractivity contribution is -0.132. The van der Waals surface area contributed by atoms with E-state index in [0.717, 1.165) is 68.9 Å². The number of aryl methyl sites for hydroxylation is 1. The quantitative estimate of drug-likeness (QED) is 0.687. The number of carbonyl (C=O) groups excluding carboxylic acids is 2. The molecule has 2 heterocycles. The largest absolute Gasteiger partial charge is 0.494 e. The third-order valence-corrected chi connectivity index (χ3v) is 5.43. The Balaban J connectivity index is 1.34. The Morgan fingerprint density at radius 2 is 2.11 bits per heavy atom. The smallest absolute Gasteiger partial charge is 0.224 e. The number of fused-ring (bicyclic) bond motifs is 1. The Morgan fingerprint density at radius 1 is 1.30 bits per heavy atom. The number of amides is 2. The Morgan fingerprint density at radius 3 is 2.89 bits per heavy atom. The minimum Gasteiger partial charge on any atom is -0.494 e. The number of rotatable bonds is 8. The van der Waals surface area contributed by atoms with Crippen molar-refractivity contribution in [2.45, 2.75) is 45.4 Å². The molecule has 0 bridgehead atoms. The highest BCUT2D eigenvalue weighted by Gasteiger charge is 2.22. The van der Waals surface area contributed by atoms with E-state index < -0.39 is 0 Å². The number of likely N-dealkylation sites (tertiary alicyclic amines) is 1.